The van der Waals surface area contributed by atoms with Gasteiger partial charge < -0.3 is 4.90 Å². The summed E-state index contributed by atoms with van der Waals surface area (Å²) in [6, 6.07) is 26.0. The van der Waals surface area contributed by atoms with E-state index < -0.39 is 0 Å². The number of fused-ring (bicyclic) bond motifs is 1. The summed E-state index contributed by atoms with van der Waals surface area (Å²) in [5, 5.41) is 0. The number of benzene rings is 3. The van der Waals surface area contributed by atoms with Gasteiger partial charge in [0.2, 0.25) is 0 Å². The van der Waals surface area contributed by atoms with Crippen molar-refractivity contribution in [1.82, 2.24) is 0 Å². The van der Waals surface area contributed by atoms with Gasteiger partial charge in [-0.2, -0.15) is 0 Å². The minimum Gasteiger partial charge on any atom is -0.341 e. The summed E-state index contributed by atoms with van der Waals surface area (Å²) in [5.41, 5.74) is 7.89. The van der Waals surface area contributed by atoms with E-state index in [1.54, 1.807) is 0 Å². The number of anilines is 2. The van der Waals surface area contributed by atoms with E-state index in [1.807, 2.05) is 6.07 Å². The van der Waals surface area contributed by atoms with Crippen molar-refractivity contribution in [2.24, 2.45) is 0 Å². The maximum atomic E-state index is 2.42. The van der Waals surface area contributed by atoms with Crippen molar-refractivity contribution in [2.45, 2.75) is 13.3 Å². The Morgan fingerprint density at radius 2 is 1.50 bits per heavy atom. The lowest BCUT2D eigenvalue weighted by molar-refractivity contribution is 0.998. The monoisotopic (exact) mass is 311 g/mol. The van der Waals surface area contributed by atoms with Crippen molar-refractivity contribution >= 4 is 23.5 Å². The topological polar surface area (TPSA) is 3.24 Å². The number of nitrogens with zero attached hydrogens (tertiary/aromatic N) is 1. The summed E-state index contributed by atoms with van der Waals surface area (Å²) in [4.78, 5) is 2.42. The van der Waals surface area contributed by atoms with Crippen molar-refractivity contribution in [3.05, 3.63) is 95.1 Å². The lowest BCUT2D eigenvalue weighted by Gasteiger charge is -2.19. The number of rotatable bonds is 3. The molecule has 1 aliphatic heterocycles. The van der Waals surface area contributed by atoms with Gasteiger partial charge in [-0.3, -0.25) is 0 Å². The molecule has 1 aliphatic rings. The quantitative estimate of drug-likeness (QED) is 0.548. The average Bonchev–Trinajstić information content (AvgIpc) is 3.04. The predicted octanol–water partition coefficient (Wildman–Crippen LogP) is 5.86. The number of hydrogen-bond donors (Lipinski definition) is 0. The fourth-order valence-electron chi connectivity index (χ4n) is 3.32. The molecule has 0 radical (unpaired) electrons. The van der Waals surface area contributed by atoms with E-state index in [9.17, 15) is 0 Å². The van der Waals surface area contributed by atoms with Crippen LogP contribution in [0.15, 0.2) is 72.8 Å². The zero-order valence-corrected chi connectivity index (χ0v) is 13.9. The number of aryl methyl sites for hydroxylation is 1. The lowest BCUT2D eigenvalue weighted by atomic mass is 10.1. The van der Waals surface area contributed by atoms with Crippen LogP contribution in [0.3, 0.4) is 0 Å². The van der Waals surface area contributed by atoms with Crippen molar-refractivity contribution in [2.75, 3.05) is 11.4 Å². The summed E-state index contributed by atoms with van der Waals surface area (Å²) < 4.78 is 0. The molecule has 1 heterocycles. The van der Waals surface area contributed by atoms with Crippen LogP contribution in [0, 0.1) is 6.92 Å². The Morgan fingerprint density at radius 3 is 2.25 bits per heavy atom. The molecule has 0 amide bonds. The summed E-state index contributed by atoms with van der Waals surface area (Å²) in [6.07, 6.45) is 5.45. The Kier molecular flexibility index (Phi) is 3.92. The first-order valence-electron chi connectivity index (χ1n) is 8.50. The van der Waals surface area contributed by atoms with Crippen LogP contribution in [0.25, 0.3) is 12.2 Å². The third kappa shape index (κ3) is 2.98. The maximum absolute atomic E-state index is 2.42. The molecule has 0 atom stereocenters. The molecule has 0 unspecified atom stereocenters. The van der Waals surface area contributed by atoms with Crippen LogP contribution in [0.5, 0.6) is 0 Å². The van der Waals surface area contributed by atoms with E-state index in [1.165, 1.54) is 33.6 Å². The van der Waals surface area contributed by atoms with Gasteiger partial charge in [-0.1, -0.05) is 72.3 Å². The van der Waals surface area contributed by atoms with E-state index >= 15 is 0 Å². The van der Waals surface area contributed by atoms with Crippen molar-refractivity contribution < 1.29 is 0 Å². The second-order valence-electron chi connectivity index (χ2n) is 6.37. The van der Waals surface area contributed by atoms with Gasteiger partial charge >= 0.3 is 0 Å². The van der Waals surface area contributed by atoms with Gasteiger partial charge in [0.25, 0.3) is 0 Å². The smallest absolute Gasteiger partial charge is 0.0444 e. The molecular weight excluding hydrogens is 290 g/mol. The zero-order chi connectivity index (χ0) is 16.4. The minimum atomic E-state index is 1.07. The highest BCUT2D eigenvalue weighted by molar-refractivity contribution is 5.73. The van der Waals surface area contributed by atoms with Gasteiger partial charge in [-0.25, -0.2) is 0 Å². The largest absolute Gasteiger partial charge is 0.341 e. The molecule has 1 heteroatoms. The first-order valence-corrected chi connectivity index (χ1v) is 8.50. The fraction of sp³-hybridized carbons (Fsp3) is 0.130. The summed E-state index contributed by atoms with van der Waals surface area (Å²) in [6.45, 7) is 3.23. The van der Waals surface area contributed by atoms with Crippen molar-refractivity contribution in [3.8, 4) is 0 Å². The molecule has 118 valence electrons. The second kappa shape index (κ2) is 6.37. The molecule has 0 aliphatic carbocycles. The first kappa shape index (κ1) is 14.8. The Hall–Kier alpha value is -2.80. The zero-order valence-electron chi connectivity index (χ0n) is 13.9. The first-order chi connectivity index (χ1) is 11.8. The number of hydrogen-bond acceptors (Lipinski definition) is 1. The molecule has 0 fully saturated rings. The van der Waals surface area contributed by atoms with Gasteiger partial charge in [-0.15, -0.1) is 0 Å². The van der Waals surface area contributed by atoms with E-state index in [2.05, 4.69) is 90.7 Å². The van der Waals surface area contributed by atoms with Crippen LogP contribution in [-0.2, 0) is 6.42 Å². The Balaban J connectivity index is 1.54. The van der Waals surface area contributed by atoms with Gasteiger partial charge in [0.1, 0.15) is 0 Å². The fourth-order valence-corrected chi connectivity index (χ4v) is 3.32. The molecule has 0 bridgehead atoms. The van der Waals surface area contributed by atoms with Crippen LogP contribution in [0.4, 0.5) is 11.4 Å². The highest BCUT2D eigenvalue weighted by Gasteiger charge is 2.19. The third-order valence-corrected chi connectivity index (χ3v) is 4.60. The molecular formula is C23H21N. The van der Waals surface area contributed by atoms with E-state index in [0.717, 1.165) is 13.0 Å². The lowest BCUT2D eigenvalue weighted by Crippen LogP contribution is -2.12. The minimum absolute atomic E-state index is 1.07. The third-order valence-electron chi connectivity index (χ3n) is 4.60. The van der Waals surface area contributed by atoms with Gasteiger partial charge in [0.05, 0.1) is 0 Å². The van der Waals surface area contributed by atoms with Crippen LogP contribution in [0.1, 0.15) is 22.3 Å². The Labute approximate surface area is 143 Å². The van der Waals surface area contributed by atoms with Crippen LogP contribution in [-0.4, -0.2) is 6.54 Å². The van der Waals surface area contributed by atoms with Crippen LogP contribution < -0.4 is 4.90 Å². The summed E-state index contributed by atoms with van der Waals surface area (Å²) in [5.74, 6) is 0. The molecule has 0 saturated heterocycles. The van der Waals surface area contributed by atoms with Gasteiger partial charge in [-0.05, 0) is 48.2 Å². The normalized spacial score (nSPS) is 13.5. The average molecular weight is 311 g/mol. The Bertz CT molecular complexity index is 860. The van der Waals surface area contributed by atoms with Gasteiger partial charge in [0.15, 0.2) is 0 Å². The molecule has 24 heavy (non-hydrogen) atoms. The van der Waals surface area contributed by atoms with Crippen LogP contribution in [0.2, 0.25) is 0 Å². The van der Waals surface area contributed by atoms with Crippen LogP contribution >= 0.6 is 0 Å². The highest BCUT2D eigenvalue weighted by Crippen LogP contribution is 2.35. The maximum Gasteiger partial charge on any atom is 0.0444 e. The van der Waals surface area contributed by atoms with Crippen molar-refractivity contribution in [3.63, 3.8) is 0 Å². The highest BCUT2D eigenvalue weighted by atomic mass is 15.2. The molecule has 3 aromatic rings. The summed E-state index contributed by atoms with van der Waals surface area (Å²) in [7, 11) is 0. The van der Waals surface area contributed by atoms with Crippen molar-refractivity contribution in [1.29, 1.82) is 0 Å². The standard InChI is InChI=1S/C23H21N/c1-18-7-14-23-21(17-18)15-16-24(23)22-12-10-20(11-13-22)9-8-19-5-3-2-4-6-19/h2-14,17H,15-16H2,1H3. The van der Waals surface area contributed by atoms with E-state index in [0.29, 0.717) is 0 Å². The predicted molar refractivity (Wildman–Crippen MR) is 104 cm³/mol. The molecule has 4 rings (SSSR count). The molecule has 0 aromatic heterocycles. The molecule has 0 N–H and O–H groups in total. The summed E-state index contributed by atoms with van der Waals surface area (Å²) >= 11 is 0. The molecule has 0 saturated carbocycles. The molecule has 1 nitrogen and oxygen atoms in total. The molecule has 3 aromatic carbocycles. The van der Waals surface area contributed by atoms with Gasteiger partial charge in [0, 0.05) is 17.9 Å². The second-order valence-corrected chi connectivity index (χ2v) is 6.37. The SMILES string of the molecule is Cc1ccc2c(c1)CCN2c1ccc(C=Cc2ccccc2)cc1. The van der Waals surface area contributed by atoms with E-state index in [4.69, 9.17) is 0 Å². The Morgan fingerprint density at radius 1 is 0.792 bits per heavy atom. The van der Waals surface area contributed by atoms with E-state index in [-0.39, 0.29) is 0 Å². The molecule has 0 spiro atoms.